The molecule has 126 valence electrons. The summed E-state index contributed by atoms with van der Waals surface area (Å²) in [6, 6.07) is 14.4. The fraction of sp³-hybridized carbons (Fsp3) is 0.294. The molecule has 2 aromatic rings. The molecule has 0 aliphatic carbocycles. The number of nitrogens with two attached hydrogens (primary N) is 1. The number of aryl methyl sites for hydroxylation is 1. The van der Waals surface area contributed by atoms with Crippen molar-refractivity contribution in [2.24, 2.45) is 5.14 Å². The van der Waals surface area contributed by atoms with Gasteiger partial charge in [0.15, 0.2) is 0 Å². The Labute approximate surface area is 157 Å². The van der Waals surface area contributed by atoms with Gasteiger partial charge in [-0.05, 0) is 55.5 Å². The second-order valence-corrected chi connectivity index (χ2v) is 7.59. The minimum absolute atomic E-state index is 0.789. The predicted molar refractivity (Wildman–Crippen MR) is 111 cm³/mol. The van der Waals surface area contributed by atoms with Crippen molar-refractivity contribution in [2.45, 2.75) is 30.1 Å². The van der Waals surface area contributed by atoms with Crippen LogP contribution in [0.15, 0.2) is 52.3 Å². The Kier molecular flexibility index (Phi) is 10.7. The van der Waals surface area contributed by atoms with Crippen LogP contribution in [-0.4, -0.2) is 12.0 Å². The minimum atomic E-state index is 0.789. The highest BCUT2D eigenvalue weighted by Gasteiger charge is 2.06. The molecule has 0 unspecified atom stereocenters. The topological polar surface area (TPSA) is 38.0 Å². The Balaban J connectivity index is 0.000000816. The van der Waals surface area contributed by atoms with Crippen molar-refractivity contribution in [1.82, 2.24) is 0 Å². The molecular formula is C17H23ClN2S3. The van der Waals surface area contributed by atoms with Crippen molar-refractivity contribution in [2.75, 3.05) is 16.7 Å². The summed E-state index contributed by atoms with van der Waals surface area (Å²) in [6.07, 6.45) is 2.99. The number of para-hydroxylation sites is 1. The Bertz CT molecular complexity index is 594. The van der Waals surface area contributed by atoms with Crippen LogP contribution in [-0.2, 0) is 0 Å². The predicted octanol–water partition coefficient (Wildman–Crippen LogP) is 6.49. The average molecular weight is 387 g/mol. The van der Waals surface area contributed by atoms with Gasteiger partial charge in [-0.15, -0.1) is 0 Å². The zero-order valence-electron chi connectivity index (χ0n) is 13.6. The van der Waals surface area contributed by atoms with E-state index in [9.17, 15) is 0 Å². The van der Waals surface area contributed by atoms with Gasteiger partial charge in [0.1, 0.15) is 0 Å². The highest BCUT2D eigenvalue weighted by atomic mass is 35.5. The first-order chi connectivity index (χ1) is 11.1. The maximum atomic E-state index is 6.01. The lowest BCUT2D eigenvalue weighted by atomic mass is 10.2. The maximum Gasteiger partial charge on any atom is 0.0581 e. The second-order valence-electron chi connectivity index (χ2n) is 4.69. The normalized spacial score (nSPS) is 9.96. The molecule has 0 aliphatic heterocycles. The maximum absolute atomic E-state index is 6.01. The molecule has 2 rings (SSSR count). The molecule has 6 heteroatoms. The van der Waals surface area contributed by atoms with Gasteiger partial charge in [-0.1, -0.05) is 66.3 Å². The first kappa shape index (κ1) is 20.6. The summed E-state index contributed by atoms with van der Waals surface area (Å²) >= 11 is 10.8. The summed E-state index contributed by atoms with van der Waals surface area (Å²) in [4.78, 5) is 2.48. The van der Waals surface area contributed by atoms with Gasteiger partial charge < -0.3 is 4.72 Å². The number of nitrogens with one attached hydrogen (secondary N) is 1. The standard InChI is InChI=1S/C16H18ClNS2.CH5NS/c1-3-10-19-18-14-6-4-5-7-16(14)20-15-9-8-13(17)11-12(15)2;1-3-2/h4-9,11,18H,3,10H2,1-2H3;2H2,1H3. The van der Waals surface area contributed by atoms with Crippen LogP contribution in [0.4, 0.5) is 5.69 Å². The Morgan fingerprint density at radius 1 is 1.13 bits per heavy atom. The molecule has 0 spiro atoms. The van der Waals surface area contributed by atoms with E-state index in [-0.39, 0.29) is 0 Å². The van der Waals surface area contributed by atoms with Crippen molar-refractivity contribution in [1.29, 1.82) is 0 Å². The van der Waals surface area contributed by atoms with Gasteiger partial charge in [0.05, 0.1) is 5.69 Å². The first-order valence-corrected chi connectivity index (χ1v) is 10.7. The zero-order valence-corrected chi connectivity index (χ0v) is 16.8. The lowest BCUT2D eigenvalue weighted by molar-refractivity contribution is 1.11. The molecule has 3 N–H and O–H groups in total. The average Bonchev–Trinajstić information content (AvgIpc) is 2.52. The van der Waals surface area contributed by atoms with Crippen molar-refractivity contribution < 1.29 is 0 Å². The van der Waals surface area contributed by atoms with Gasteiger partial charge in [0.2, 0.25) is 0 Å². The molecule has 0 saturated carbocycles. The highest BCUT2D eigenvalue weighted by Crippen LogP contribution is 2.36. The third-order valence-corrected chi connectivity index (χ3v) is 5.20. The quantitative estimate of drug-likeness (QED) is 0.438. The zero-order chi connectivity index (χ0) is 17.1. The van der Waals surface area contributed by atoms with Crippen LogP contribution in [0.2, 0.25) is 5.02 Å². The van der Waals surface area contributed by atoms with E-state index in [1.807, 2.05) is 18.4 Å². The number of anilines is 1. The molecular weight excluding hydrogens is 364 g/mol. The molecule has 0 atom stereocenters. The van der Waals surface area contributed by atoms with Gasteiger partial charge in [-0.2, -0.15) is 0 Å². The molecule has 23 heavy (non-hydrogen) atoms. The molecule has 0 fully saturated rings. The van der Waals surface area contributed by atoms with E-state index in [1.54, 1.807) is 23.7 Å². The molecule has 0 amide bonds. The largest absolute Gasteiger partial charge is 0.329 e. The minimum Gasteiger partial charge on any atom is -0.329 e. The third kappa shape index (κ3) is 7.77. The number of hydrogen-bond acceptors (Lipinski definition) is 5. The fourth-order valence-corrected chi connectivity index (χ4v) is 3.62. The van der Waals surface area contributed by atoms with E-state index in [1.165, 1.54) is 39.4 Å². The SMILES string of the molecule is CCCSNc1ccccc1Sc1ccc(Cl)cc1C.CSN. The fourth-order valence-electron chi connectivity index (χ4n) is 1.72. The van der Waals surface area contributed by atoms with Crippen LogP contribution >= 0.6 is 47.3 Å². The van der Waals surface area contributed by atoms with Crippen LogP contribution < -0.4 is 9.86 Å². The lowest BCUT2D eigenvalue weighted by Crippen LogP contribution is -1.91. The van der Waals surface area contributed by atoms with Crippen LogP contribution in [0.3, 0.4) is 0 Å². The lowest BCUT2D eigenvalue weighted by Gasteiger charge is -2.12. The van der Waals surface area contributed by atoms with E-state index in [0.29, 0.717) is 0 Å². The summed E-state index contributed by atoms with van der Waals surface area (Å²) in [5.41, 5.74) is 2.38. The Hall–Kier alpha value is -0.460. The van der Waals surface area contributed by atoms with Crippen LogP contribution in [0, 0.1) is 6.92 Å². The summed E-state index contributed by atoms with van der Waals surface area (Å²) in [7, 11) is 0. The van der Waals surface area contributed by atoms with Crippen molar-refractivity contribution in [3.05, 3.63) is 53.1 Å². The highest BCUT2D eigenvalue weighted by molar-refractivity contribution is 8.01. The summed E-state index contributed by atoms with van der Waals surface area (Å²) in [5.74, 6) is 1.11. The molecule has 0 saturated heterocycles. The van der Waals surface area contributed by atoms with Crippen molar-refractivity contribution in [3.63, 3.8) is 0 Å². The van der Waals surface area contributed by atoms with Crippen LogP contribution in [0.5, 0.6) is 0 Å². The Morgan fingerprint density at radius 3 is 2.48 bits per heavy atom. The van der Waals surface area contributed by atoms with Gasteiger partial charge in [-0.3, -0.25) is 5.14 Å². The van der Waals surface area contributed by atoms with Crippen molar-refractivity contribution >= 4 is 52.9 Å². The number of benzene rings is 2. The molecule has 0 heterocycles. The van der Waals surface area contributed by atoms with E-state index in [2.05, 4.69) is 48.9 Å². The smallest absolute Gasteiger partial charge is 0.0581 e. The first-order valence-electron chi connectivity index (χ1n) is 7.26. The molecule has 2 aromatic carbocycles. The molecule has 2 nitrogen and oxygen atoms in total. The molecule has 0 radical (unpaired) electrons. The summed E-state index contributed by atoms with van der Waals surface area (Å²) < 4.78 is 3.44. The van der Waals surface area contributed by atoms with Gasteiger partial charge in [-0.25, -0.2) is 0 Å². The molecule has 0 aliphatic rings. The Morgan fingerprint density at radius 2 is 1.83 bits per heavy atom. The van der Waals surface area contributed by atoms with Crippen molar-refractivity contribution in [3.8, 4) is 0 Å². The van der Waals surface area contributed by atoms with E-state index in [0.717, 1.165) is 10.8 Å². The van der Waals surface area contributed by atoms with Gasteiger partial charge >= 0.3 is 0 Å². The monoisotopic (exact) mass is 386 g/mol. The summed E-state index contributed by atoms with van der Waals surface area (Å²) in [5, 5.41) is 5.55. The molecule has 0 bridgehead atoms. The van der Waals surface area contributed by atoms with Crippen LogP contribution in [0.1, 0.15) is 18.9 Å². The van der Waals surface area contributed by atoms with Gasteiger partial charge in [0.25, 0.3) is 0 Å². The van der Waals surface area contributed by atoms with E-state index >= 15 is 0 Å². The number of halogens is 1. The number of rotatable bonds is 6. The van der Waals surface area contributed by atoms with Crippen LogP contribution in [0.25, 0.3) is 0 Å². The van der Waals surface area contributed by atoms with Gasteiger partial charge in [0, 0.05) is 20.6 Å². The third-order valence-electron chi connectivity index (χ3n) is 2.73. The number of hydrogen-bond donors (Lipinski definition) is 2. The molecule has 0 aromatic heterocycles. The van der Waals surface area contributed by atoms with E-state index in [4.69, 9.17) is 16.7 Å². The van der Waals surface area contributed by atoms with E-state index < -0.39 is 0 Å². The summed E-state index contributed by atoms with van der Waals surface area (Å²) in [6.45, 7) is 4.28. The second kappa shape index (κ2) is 12.0.